The lowest BCUT2D eigenvalue weighted by Gasteiger charge is -2.49. The summed E-state index contributed by atoms with van der Waals surface area (Å²) in [4.78, 5) is 33.1. The molecule has 3 atom stereocenters. The first-order valence-corrected chi connectivity index (χ1v) is 8.89. The normalized spacial score (nSPS) is 27.3. The van der Waals surface area contributed by atoms with Crippen LogP contribution in [0.5, 0.6) is 0 Å². The zero-order valence-corrected chi connectivity index (χ0v) is 14.7. The fourth-order valence-electron chi connectivity index (χ4n) is 4.30. The van der Waals surface area contributed by atoms with Crippen LogP contribution in [0.3, 0.4) is 0 Å². The lowest BCUT2D eigenvalue weighted by molar-refractivity contribution is -0.176. The molecule has 0 bridgehead atoms. The van der Waals surface area contributed by atoms with Gasteiger partial charge in [0.25, 0.3) is 0 Å². The number of hydrogen-bond donors (Lipinski definition) is 0. The van der Waals surface area contributed by atoms with Crippen LogP contribution in [0.4, 0.5) is 0 Å². The van der Waals surface area contributed by atoms with Crippen LogP contribution in [0.1, 0.15) is 64.8 Å². The van der Waals surface area contributed by atoms with E-state index in [0.717, 1.165) is 25.7 Å². The van der Waals surface area contributed by atoms with Gasteiger partial charge in [-0.3, -0.25) is 9.59 Å². The Morgan fingerprint density at radius 3 is 2.33 bits per heavy atom. The molecule has 0 radical (unpaired) electrons. The van der Waals surface area contributed by atoms with Gasteiger partial charge in [0.1, 0.15) is 5.78 Å². The van der Waals surface area contributed by atoms with Gasteiger partial charge >= 0.3 is 5.97 Å². The molecule has 24 heavy (non-hydrogen) atoms. The first-order valence-electron chi connectivity index (χ1n) is 8.89. The van der Waals surface area contributed by atoms with Gasteiger partial charge in [0, 0.05) is 24.2 Å². The Labute approximate surface area is 143 Å². The second-order valence-electron chi connectivity index (χ2n) is 7.78. The summed E-state index contributed by atoms with van der Waals surface area (Å²) in [5, 5.41) is 0. The highest BCUT2D eigenvalue weighted by Gasteiger charge is 2.55. The average Bonchev–Trinajstić information content (AvgIpc) is 3.06. The predicted molar refractivity (Wildman–Crippen MR) is 88.9 cm³/mol. The van der Waals surface area contributed by atoms with Crippen LogP contribution in [0.25, 0.3) is 0 Å². The van der Waals surface area contributed by atoms with Crippen LogP contribution in [0.2, 0.25) is 0 Å². The standard InChI is InChI=1S/C19H26N2O3/c1-12(22)14-11-15(19(14,2)3)18(23)24-16(13-7-4-5-8-13)17-20-9-6-10-21-17/h6,9-10,13-16H,4-5,7-8,11H2,1-3H3/t14-,15+,16?/m0/s1. The van der Waals surface area contributed by atoms with Crippen molar-refractivity contribution in [1.82, 2.24) is 9.97 Å². The summed E-state index contributed by atoms with van der Waals surface area (Å²) in [7, 11) is 0. The van der Waals surface area contributed by atoms with E-state index < -0.39 is 0 Å². The highest BCUT2D eigenvalue weighted by Crippen LogP contribution is 2.53. The Morgan fingerprint density at radius 2 is 1.79 bits per heavy atom. The van der Waals surface area contributed by atoms with E-state index in [1.54, 1.807) is 25.4 Å². The number of ether oxygens (including phenoxy) is 1. The minimum atomic E-state index is -0.367. The molecule has 1 aromatic heterocycles. The SMILES string of the molecule is CC(=O)[C@@H]1C[C@H](C(=O)OC(c2ncccn2)C2CCCC2)C1(C)C. The lowest BCUT2D eigenvalue weighted by Crippen LogP contribution is -2.52. The zero-order valence-electron chi connectivity index (χ0n) is 14.7. The Balaban J connectivity index is 1.74. The summed E-state index contributed by atoms with van der Waals surface area (Å²) >= 11 is 0. The predicted octanol–water partition coefficient (Wildman–Crippen LogP) is 3.50. The molecule has 1 aromatic rings. The monoisotopic (exact) mass is 330 g/mol. The average molecular weight is 330 g/mol. The van der Waals surface area contributed by atoms with E-state index in [4.69, 9.17) is 4.74 Å². The Kier molecular flexibility index (Phi) is 4.70. The molecule has 5 nitrogen and oxygen atoms in total. The van der Waals surface area contributed by atoms with Crippen molar-refractivity contribution < 1.29 is 14.3 Å². The van der Waals surface area contributed by atoms with Crippen molar-refractivity contribution in [3.63, 3.8) is 0 Å². The quantitative estimate of drug-likeness (QED) is 0.773. The number of ketones is 1. The van der Waals surface area contributed by atoms with Crippen LogP contribution >= 0.6 is 0 Å². The van der Waals surface area contributed by atoms with Crippen LogP contribution in [0.15, 0.2) is 18.5 Å². The molecule has 130 valence electrons. The molecule has 0 saturated heterocycles. The van der Waals surface area contributed by atoms with Crippen molar-refractivity contribution >= 4 is 11.8 Å². The second kappa shape index (κ2) is 6.61. The smallest absolute Gasteiger partial charge is 0.310 e. The number of hydrogen-bond acceptors (Lipinski definition) is 5. The van der Waals surface area contributed by atoms with Crippen molar-refractivity contribution in [3.05, 3.63) is 24.3 Å². The number of carbonyl (C=O) groups is 2. The molecule has 2 saturated carbocycles. The fourth-order valence-corrected chi connectivity index (χ4v) is 4.30. The number of rotatable bonds is 5. The maximum Gasteiger partial charge on any atom is 0.310 e. The Hall–Kier alpha value is -1.78. The third-order valence-corrected chi connectivity index (χ3v) is 5.95. The van der Waals surface area contributed by atoms with E-state index in [-0.39, 0.29) is 35.1 Å². The maximum absolute atomic E-state index is 12.8. The molecule has 1 heterocycles. The molecule has 5 heteroatoms. The van der Waals surface area contributed by atoms with E-state index in [1.165, 1.54) is 0 Å². The third-order valence-electron chi connectivity index (χ3n) is 5.95. The van der Waals surface area contributed by atoms with Gasteiger partial charge < -0.3 is 4.74 Å². The molecule has 0 aromatic carbocycles. The second-order valence-corrected chi connectivity index (χ2v) is 7.78. The van der Waals surface area contributed by atoms with Crippen molar-refractivity contribution in [2.24, 2.45) is 23.2 Å². The summed E-state index contributed by atoms with van der Waals surface area (Å²) < 4.78 is 5.91. The molecule has 3 rings (SSSR count). The summed E-state index contributed by atoms with van der Waals surface area (Å²) in [6.07, 6.45) is 8.01. The number of aromatic nitrogens is 2. The fraction of sp³-hybridized carbons (Fsp3) is 0.684. The van der Waals surface area contributed by atoms with Gasteiger partial charge in [0.15, 0.2) is 11.9 Å². The number of esters is 1. The van der Waals surface area contributed by atoms with Crippen molar-refractivity contribution in [2.75, 3.05) is 0 Å². The number of Topliss-reactive ketones (excluding diaryl/α,β-unsaturated/α-hetero) is 1. The third kappa shape index (κ3) is 3.08. The molecule has 0 aliphatic heterocycles. The molecule has 2 fully saturated rings. The Morgan fingerprint density at radius 1 is 1.17 bits per heavy atom. The molecule has 0 spiro atoms. The van der Waals surface area contributed by atoms with Crippen LogP contribution in [-0.4, -0.2) is 21.7 Å². The van der Waals surface area contributed by atoms with Crippen molar-refractivity contribution in [3.8, 4) is 0 Å². The topological polar surface area (TPSA) is 69.2 Å². The van der Waals surface area contributed by atoms with Crippen molar-refractivity contribution in [2.45, 2.75) is 59.0 Å². The van der Waals surface area contributed by atoms with Gasteiger partial charge in [0.2, 0.25) is 0 Å². The first-order chi connectivity index (χ1) is 11.4. The first kappa shape index (κ1) is 17.1. The highest BCUT2D eigenvalue weighted by atomic mass is 16.5. The van der Waals surface area contributed by atoms with E-state index in [1.807, 2.05) is 13.8 Å². The van der Waals surface area contributed by atoms with Crippen LogP contribution < -0.4 is 0 Å². The highest BCUT2D eigenvalue weighted by molar-refractivity contribution is 5.85. The maximum atomic E-state index is 12.8. The van der Waals surface area contributed by atoms with Gasteiger partial charge in [0.05, 0.1) is 5.92 Å². The zero-order chi connectivity index (χ0) is 17.3. The summed E-state index contributed by atoms with van der Waals surface area (Å²) in [5.41, 5.74) is -0.333. The summed E-state index contributed by atoms with van der Waals surface area (Å²) in [6.45, 7) is 5.57. The number of nitrogens with zero attached hydrogens (tertiary/aromatic N) is 2. The minimum Gasteiger partial charge on any atom is -0.454 e. The summed E-state index contributed by atoms with van der Waals surface area (Å²) in [5.74, 6) is 0.567. The minimum absolute atomic E-state index is 0.0482. The summed E-state index contributed by atoms with van der Waals surface area (Å²) in [6, 6.07) is 1.77. The van der Waals surface area contributed by atoms with Gasteiger partial charge in [-0.15, -0.1) is 0 Å². The van der Waals surface area contributed by atoms with E-state index in [2.05, 4.69) is 9.97 Å². The van der Waals surface area contributed by atoms with E-state index in [0.29, 0.717) is 18.2 Å². The van der Waals surface area contributed by atoms with Gasteiger partial charge in [-0.2, -0.15) is 0 Å². The number of carbonyl (C=O) groups excluding carboxylic acids is 2. The molecule has 2 aliphatic rings. The van der Waals surface area contributed by atoms with Crippen LogP contribution in [0, 0.1) is 23.2 Å². The molecule has 0 amide bonds. The van der Waals surface area contributed by atoms with E-state index >= 15 is 0 Å². The lowest BCUT2D eigenvalue weighted by atomic mass is 9.53. The molecular weight excluding hydrogens is 304 g/mol. The van der Waals surface area contributed by atoms with E-state index in [9.17, 15) is 9.59 Å². The van der Waals surface area contributed by atoms with Gasteiger partial charge in [-0.05, 0) is 37.7 Å². The van der Waals surface area contributed by atoms with Crippen molar-refractivity contribution in [1.29, 1.82) is 0 Å². The molecule has 2 aliphatic carbocycles. The molecular formula is C19H26N2O3. The molecule has 1 unspecified atom stereocenters. The molecule has 0 N–H and O–H groups in total. The van der Waals surface area contributed by atoms with Gasteiger partial charge in [-0.1, -0.05) is 26.7 Å². The Bertz CT molecular complexity index is 608. The van der Waals surface area contributed by atoms with Crippen LogP contribution in [-0.2, 0) is 14.3 Å². The van der Waals surface area contributed by atoms with Gasteiger partial charge in [-0.25, -0.2) is 9.97 Å². The largest absolute Gasteiger partial charge is 0.454 e.